The molecule has 0 unspecified atom stereocenters. The van der Waals surface area contributed by atoms with E-state index in [2.05, 4.69) is 38.1 Å². The van der Waals surface area contributed by atoms with Gasteiger partial charge in [-0.3, -0.25) is 0 Å². The molecule has 2 nitrogen and oxygen atoms in total. The minimum atomic E-state index is -0.828. The van der Waals surface area contributed by atoms with Crippen molar-refractivity contribution >= 4 is 27.5 Å². The van der Waals surface area contributed by atoms with Crippen LogP contribution < -0.4 is 0 Å². The van der Waals surface area contributed by atoms with Crippen LogP contribution in [-0.4, -0.2) is 11.1 Å². The zero-order valence-corrected chi connectivity index (χ0v) is 18.2. The summed E-state index contributed by atoms with van der Waals surface area (Å²) in [6, 6.07) is 12.4. The topological polar surface area (TPSA) is 37.3 Å². The molecule has 0 aliphatic carbocycles. The van der Waals surface area contributed by atoms with Gasteiger partial charge in [0.2, 0.25) is 0 Å². The van der Waals surface area contributed by atoms with Gasteiger partial charge >= 0.3 is 5.97 Å². The van der Waals surface area contributed by atoms with E-state index in [1.807, 2.05) is 19.1 Å². The first-order chi connectivity index (χ1) is 14.1. The van der Waals surface area contributed by atoms with Crippen LogP contribution in [0.4, 0.5) is 0 Å². The number of carboxylic acids is 1. The van der Waals surface area contributed by atoms with Crippen molar-refractivity contribution in [3.63, 3.8) is 0 Å². The minimum Gasteiger partial charge on any atom is -0.478 e. The molecule has 2 heteroatoms. The number of fused-ring (bicyclic) bond motifs is 3. The molecule has 0 saturated heterocycles. The fraction of sp³-hybridized carbons (Fsp3) is 0.444. The standard InChI is InChI=1S/C27H34O2/c1-4-5-6-7-8-9-10-11-15-22-19(2)20(3)25(27(28)29)26-23-16-13-12-14-21(23)17-18-24(22)26/h12-14,16-18H,4-11,15H2,1-3H3,(H,28,29). The van der Waals surface area contributed by atoms with E-state index < -0.39 is 5.97 Å². The van der Waals surface area contributed by atoms with Crippen LogP contribution in [-0.2, 0) is 6.42 Å². The van der Waals surface area contributed by atoms with Crippen LogP contribution in [0.25, 0.3) is 21.5 Å². The Hall–Kier alpha value is -2.35. The van der Waals surface area contributed by atoms with Crippen LogP contribution in [0.1, 0.15) is 85.3 Å². The summed E-state index contributed by atoms with van der Waals surface area (Å²) < 4.78 is 0. The highest BCUT2D eigenvalue weighted by atomic mass is 16.4. The van der Waals surface area contributed by atoms with Crippen LogP contribution in [0.2, 0.25) is 0 Å². The van der Waals surface area contributed by atoms with Crippen LogP contribution in [0.3, 0.4) is 0 Å². The number of hydrogen-bond donors (Lipinski definition) is 1. The molecular weight excluding hydrogens is 356 g/mol. The van der Waals surface area contributed by atoms with Gasteiger partial charge in [-0.1, -0.05) is 88.3 Å². The highest BCUT2D eigenvalue weighted by Gasteiger charge is 2.20. The van der Waals surface area contributed by atoms with Gasteiger partial charge in [0, 0.05) is 5.39 Å². The molecule has 3 aromatic carbocycles. The number of hydrogen-bond acceptors (Lipinski definition) is 1. The van der Waals surface area contributed by atoms with Crippen LogP contribution in [0.5, 0.6) is 0 Å². The molecule has 3 aromatic rings. The molecule has 29 heavy (non-hydrogen) atoms. The monoisotopic (exact) mass is 390 g/mol. The fourth-order valence-corrected chi connectivity index (χ4v) is 4.62. The molecule has 0 aromatic heterocycles. The van der Waals surface area contributed by atoms with Crippen LogP contribution in [0, 0.1) is 13.8 Å². The van der Waals surface area contributed by atoms with Gasteiger partial charge in [-0.15, -0.1) is 0 Å². The Morgan fingerprint density at radius 3 is 2.14 bits per heavy atom. The molecule has 0 radical (unpaired) electrons. The van der Waals surface area contributed by atoms with E-state index in [1.165, 1.54) is 56.9 Å². The number of carbonyl (C=O) groups is 1. The van der Waals surface area contributed by atoms with E-state index in [4.69, 9.17) is 0 Å². The Balaban J connectivity index is 1.90. The van der Waals surface area contributed by atoms with Gasteiger partial charge in [0.1, 0.15) is 0 Å². The first kappa shape index (κ1) is 21.4. The van der Waals surface area contributed by atoms with E-state index in [0.717, 1.165) is 39.1 Å². The predicted molar refractivity (Wildman–Crippen MR) is 124 cm³/mol. The summed E-state index contributed by atoms with van der Waals surface area (Å²) in [5.74, 6) is -0.828. The summed E-state index contributed by atoms with van der Waals surface area (Å²) >= 11 is 0. The lowest BCUT2D eigenvalue weighted by Crippen LogP contribution is -2.07. The number of unbranched alkanes of at least 4 members (excludes halogenated alkanes) is 7. The average Bonchev–Trinajstić information content (AvgIpc) is 2.72. The van der Waals surface area contributed by atoms with Crippen molar-refractivity contribution in [1.29, 1.82) is 0 Å². The maximum atomic E-state index is 12.2. The smallest absolute Gasteiger partial charge is 0.336 e. The molecule has 3 rings (SSSR count). The Labute approximate surface area is 174 Å². The van der Waals surface area contributed by atoms with Crippen LogP contribution >= 0.6 is 0 Å². The van der Waals surface area contributed by atoms with Crippen molar-refractivity contribution in [2.45, 2.75) is 78.6 Å². The summed E-state index contributed by atoms with van der Waals surface area (Å²) in [4.78, 5) is 12.2. The van der Waals surface area contributed by atoms with Gasteiger partial charge in [0.25, 0.3) is 0 Å². The summed E-state index contributed by atoms with van der Waals surface area (Å²) in [7, 11) is 0. The summed E-state index contributed by atoms with van der Waals surface area (Å²) in [5, 5.41) is 14.1. The van der Waals surface area contributed by atoms with Crippen molar-refractivity contribution in [2.24, 2.45) is 0 Å². The van der Waals surface area contributed by atoms with Crippen molar-refractivity contribution in [1.82, 2.24) is 0 Å². The highest BCUT2D eigenvalue weighted by Crippen LogP contribution is 2.36. The second-order valence-electron chi connectivity index (χ2n) is 8.34. The second kappa shape index (κ2) is 9.91. The molecule has 0 heterocycles. The van der Waals surface area contributed by atoms with Crippen molar-refractivity contribution in [2.75, 3.05) is 0 Å². The van der Waals surface area contributed by atoms with E-state index in [0.29, 0.717) is 5.56 Å². The molecule has 0 fully saturated rings. The van der Waals surface area contributed by atoms with Crippen molar-refractivity contribution < 1.29 is 9.90 Å². The van der Waals surface area contributed by atoms with Gasteiger partial charge < -0.3 is 5.11 Å². The molecule has 0 bridgehead atoms. The number of aromatic carboxylic acids is 1. The van der Waals surface area contributed by atoms with Gasteiger partial charge in [0.15, 0.2) is 0 Å². The highest BCUT2D eigenvalue weighted by molar-refractivity contribution is 6.18. The summed E-state index contributed by atoms with van der Waals surface area (Å²) in [6.07, 6.45) is 11.5. The lowest BCUT2D eigenvalue weighted by atomic mass is 9.86. The molecule has 0 saturated carbocycles. The number of rotatable bonds is 10. The number of benzene rings is 3. The molecule has 0 spiro atoms. The molecule has 1 N–H and O–H groups in total. The maximum absolute atomic E-state index is 12.2. The fourth-order valence-electron chi connectivity index (χ4n) is 4.62. The second-order valence-corrected chi connectivity index (χ2v) is 8.34. The minimum absolute atomic E-state index is 0.467. The molecule has 0 aliphatic heterocycles. The Kier molecular flexibility index (Phi) is 7.30. The van der Waals surface area contributed by atoms with Crippen molar-refractivity contribution in [3.8, 4) is 0 Å². The van der Waals surface area contributed by atoms with Crippen LogP contribution in [0.15, 0.2) is 36.4 Å². The summed E-state index contributed by atoms with van der Waals surface area (Å²) in [6.45, 7) is 6.32. The zero-order chi connectivity index (χ0) is 20.8. The van der Waals surface area contributed by atoms with E-state index in [1.54, 1.807) is 0 Å². The molecular formula is C27H34O2. The molecule has 0 atom stereocenters. The normalized spacial score (nSPS) is 11.4. The largest absolute Gasteiger partial charge is 0.478 e. The van der Waals surface area contributed by atoms with Crippen molar-refractivity contribution in [3.05, 3.63) is 58.7 Å². The van der Waals surface area contributed by atoms with Gasteiger partial charge in [-0.25, -0.2) is 4.79 Å². The third-order valence-corrected chi connectivity index (χ3v) is 6.39. The maximum Gasteiger partial charge on any atom is 0.336 e. The Morgan fingerprint density at radius 2 is 1.45 bits per heavy atom. The number of carboxylic acid groups (broad SMARTS) is 1. The Bertz CT molecular complexity index is 1000. The lowest BCUT2D eigenvalue weighted by Gasteiger charge is -2.18. The van der Waals surface area contributed by atoms with Gasteiger partial charge in [-0.2, -0.15) is 0 Å². The average molecular weight is 391 g/mol. The molecule has 0 amide bonds. The Morgan fingerprint density at radius 1 is 0.793 bits per heavy atom. The van der Waals surface area contributed by atoms with Gasteiger partial charge in [-0.05, 0) is 59.5 Å². The molecule has 154 valence electrons. The van der Waals surface area contributed by atoms with E-state index in [-0.39, 0.29) is 0 Å². The lowest BCUT2D eigenvalue weighted by molar-refractivity contribution is 0.0698. The zero-order valence-electron chi connectivity index (χ0n) is 18.2. The predicted octanol–water partition coefficient (Wildman–Crippen LogP) is 7.99. The van der Waals surface area contributed by atoms with Gasteiger partial charge in [0.05, 0.1) is 5.56 Å². The molecule has 0 aliphatic rings. The van der Waals surface area contributed by atoms with E-state index >= 15 is 0 Å². The first-order valence-electron chi connectivity index (χ1n) is 11.2. The third kappa shape index (κ3) is 4.63. The summed E-state index contributed by atoms with van der Waals surface area (Å²) in [5.41, 5.74) is 3.86. The third-order valence-electron chi connectivity index (χ3n) is 6.39. The SMILES string of the molecule is CCCCCCCCCCc1c(C)c(C)c(C(=O)O)c2c1ccc1ccccc12. The van der Waals surface area contributed by atoms with E-state index in [9.17, 15) is 9.90 Å². The number of aryl methyl sites for hydroxylation is 1. The first-order valence-corrected chi connectivity index (χ1v) is 11.2. The quantitative estimate of drug-likeness (QED) is 0.281.